The normalized spacial score (nSPS) is 18.6. The topological polar surface area (TPSA) is 153 Å². The van der Waals surface area contributed by atoms with E-state index in [1.807, 2.05) is 0 Å². The van der Waals surface area contributed by atoms with E-state index < -0.39 is 32.6 Å². The van der Waals surface area contributed by atoms with Gasteiger partial charge in [-0.25, -0.2) is 12.6 Å². The van der Waals surface area contributed by atoms with Crippen LogP contribution in [0.2, 0.25) is 0 Å². The van der Waals surface area contributed by atoms with Gasteiger partial charge in [-0.2, -0.15) is 8.42 Å². The highest BCUT2D eigenvalue weighted by Gasteiger charge is 2.33. The van der Waals surface area contributed by atoms with Crippen molar-refractivity contribution in [2.75, 3.05) is 34.7 Å². The molecule has 1 unspecified atom stereocenters. The third kappa shape index (κ3) is 6.80. The second kappa shape index (κ2) is 11.9. The fourth-order valence-corrected chi connectivity index (χ4v) is 5.46. The van der Waals surface area contributed by atoms with Crippen LogP contribution in [0.25, 0.3) is 0 Å². The van der Waals surface area contributed by atoms with Gasteiger partial charge in [0.2, 0.25) is 12.0 Å². The summed E-state index contributed by atoms with van der Waals surface area (Å²) in [4.78, 5) is -0.246. The zero-order valence-electron chi connectivity index (χ0n) is 21.9. The molecule has 14 heteroatoms. The minimum atomic E-state index is -4.85. The first-order chi connectivity index (χ1) is 17.8. The van der Waals surface area contributed by atoms with Crippen molar-refractivity contribution in [3.63, 3.8) is 0 Å². The molecule has 2 aromatic carbocycles. The van der Waals surface area contributed by atoms with E-state index in [4.69, 9.17) is 33.0 Å². The second-order valence-electron chi connectivity index (χ2n) is 8.45. The molecule has 0 bridgehead atoms. The van der Waals surface area contributed by atoms with Crippen molar-refractivity contribution in [1.29, 1.82) is 0 Å². The Morgan fingerprint density at radius 1 is 0.842 bits per heavy atom. The minimum Gasteiger partial charge on any atom is -0.493 e. The van der Waals surface area contributed by atoms with E-state index in [9.17, 15) is 16.8 Å². The van der Waals surface area contributed by atoms with Crippen LogP contribution in [0.15, 0.2) is 29.2 Å². The van der Waals surface area contributed by atoms with Gasteiger partial charge in [0.25, 0.3) is 0 Å². The van der Waals surface area contributed by atoms with E-state index in [0.717, 1.165) is 11.8 Å². The van der Waals surface area contributed by atoms with Gasteiger partial charge >= 0.3 is 10.4 Å². The first-order valence-electron chi connectivity index (χ1n) is 11.5. The Labute approximate surface area is 222 Å². The quantitative estimate of drug-likeness (QED) is 0.290. The number of hydrogen-bond donors (Lipinski definition) is 1. The summed E-state index contributed by atoms with van der Waals surface area (Å²) in [7, 11) is -2.86. The van der Waals surface area contributed by atoms with Crippen molar-refractivity contribution in [1.82, 2.24) is 0 Å². The lowest BCUT2D eigenvalue weighted by Crippen LogP contribution is -2.24. The molecule has 0 saturated carbocycles. The summed E-state index contributed by atoms with van der Waals surface area (Å²) in [5.74, 6) is 1.20. The smallest absolute Gasteiger partial charge is 0.400 e. The largest absolute Gasteiger partial charge is 0.493 e. The maximum Gasteiger partial charge on any atom is 0.400 e. The third-order valence-electron chi connectivity index (χ3n) is 5.92. The van der Waals surface area contributed by atoms with Crippen LogP contribution in [0.5, 0.6) is 28.7 Å². The Bertz CT molecular complexity index is 1330. The Hall–Kier alpha value is -2.78. The van der Waals surface area contributed by atoms with Gasteiger partial charge in [-0.05, 0) is 48.2 Å². The molecule has 3 rings (SSSR count). The molecule has 0 spiro atoms. The molecule has 38 heavy (non-hydrogen) atoms. The Balaban J connectivity index is 1.98. The summed E-state index contributed by atoms with van der Waals surface area (Å²) in [5, 5.41) is 0. The Kier molecular flexibility index (Phi) is 9.36. The second-order valence-corrected chi connectivity index (χ2v) is 11.5. The van der Waals surface area contributed by atoms with Crippen molar-refractivity contribution in [2.24, 2.45) is 0 Å². The highest BCUT2D eigenvalue weighted by atomic mass is 32.3. The van der Waals surface area contributed by atoms with Gasteiger partial charge in [-0.3, -0.25) is 4.55 Å². The van der Waals surface area contributed by atoms with Gasteiger partial charge in [0.05, 0.1) is 40.6 Å². The third-order valence-corrected chi connectivity index (χ3v) is 7.48. The standard InChI is InChI=1S/C24H32O12S2/c1-7-22(36-38(27,28)29)35-24-20(32-4)12-15(13-21(24)37(6,25)26)17-9-8-16(34-17)14-10-18(30-2)23(33-5)19(11-14)31-3/h10-13,16-17,22H,7-9H2,1-6H3,(H,27,28,29)/t16-,17-,22?/m0/s1. The van der Waals surface area contributed by atoms with E-state index >= 15 is 0 Å². The lowest BCUT2D eigenvalue weighted by atomic mass is 10.0. The van der Waals surface area contributed by atoms with Crippen molar-refractivity contribution in [2.45, 2.75) is 49.6 Å². The van der Waals surface area contributed by atoms with Crippen LogP contribution in [-0.2, 0) is 29.2 Å². The van der Waals surface area contributed by atoms with Crippen molar-refractivity contribution >= 4 is 20.2 Å². The van der Waals surface area contributed by atoms with Crippen molar-refractivity contribution in [3.8, 4) is 28.7 Å². The van der Waals surface area contributed by atoms with Crippen LogP contribution in [0.4, 0.5) is 0 Å². The molecule has 1 fully saturated rings. The number of ether oxygens (including phenoxy) is 6. The fourth-order valence-electron chi connectivity index (χ4n) is 4.18. The lowest BCUT2D eigenvalue weighted by molar-refractivity contribution is -0.00366. The number of rotatable bonds is 12. The highest BCUT2D eigenvalue weighted by molar-refractivity contribution is 7.90. The predicted octanol–water partition coefficient (Wildman–Crippen LogP) is 3.65. The molecule has 12 nitrogen and oxygen atoms in total. The van der Waals surface area contributed by atoms with Crippen LogP contribution < -0.4 is 23.7 Å². The summed E-state index contributed by atoms with van der Waals surface area (Å²) in [6, 6.07) is 6.56. The van der Waals surface area contributed by atoms with Gasteiger partial charge in [0.1, 0.15) is 4.90 Å². The van der Waals surface area contributed by atoms with Gasteiger partial charge < -0.3 is 28.4 Å². The number of methoxy groups -OCH3 is 4. The maximum atomic E-state index is 12.7. The molecule has 0 aromatic heterocycles. The van der Waals surface area contributed by atoms with E-state index in [1.54, 1.807) is 18.2 Å². The average Bonchev–Trinajstić information content (AvgIpc) is 3.36. The molecule has 1 aliphatic rings. The molecule has 1 N–H and O–H groups in total. The van der Waals surface area contributed by atoms with Gasteiger partial charge in [-0.1, -0.05) is 6.92 Å². The predicted molar refractivity (Wildman–Crippen MR) is 135 cm³/mol. The number of sulfone groups is 1. The maximum absolute atomic E-state index is 12.7. The SMILES string of the molecule is CCC(Oc1c(OC)cc([C@@H]2CC[C@@H](c3cc(OC)c(OC)c(OC)c3)O2)cc1S(C)(=O)=O)OS(=O)(=O)O. The van der Waals surface area contributed by atoms with Crippen LogP contribution in [0, 0.1) is 0 Å². The van der Waals surface area contributed by atoms with Crippen LogP contribution in [0.3, 0.4) is 0 Å². The van der Waals surface area contributed by atoms with Crippen molar-refractivity contribution < 1.29 is 54.0 Å². The molecular formula is C24H32O12S2. The fraction of sp³-hybridized carbons (Fsp3) is 0.500. The molecule has 0 radical (unpaired) electrons. The molecule has 0 amide bonds. The van der Waals surface area contributed by atoms with Crippen LogP contribution in [0.1, 0.15) is 49.5 Å². The van der Waals surface area contributed by atoms with E-state index in [-0.39, 0.29) is 28.9 Å². The van der Waals surface area contributed by atoms with Gasteiger partial charge in [0, 0.05) is 12.7 Å². The summed E-state index contributed by atoms with van der Waals surface area (Å²) in [5.41, 5.74) is 1.32. The first kappa shape index (κ1) is 29.8. The summed E-state index contributed by atoms with van der Waals surface area (Å²) >= 11 is 0. The zero-order chi connectivity index (χ0) is 28.3. The Morgan fingerprint density at radius 2 is 1.32 bits per heavy atom. The molecular weight excluding hydrogens is 544 g/mol. The summed E-state index contributed by atoms with van der Waals surface area (Å²) in [6.07, 6.45) is -0.163. The van der Waals surface area contributed by atoms with Gasteiger partial charge in [0.15, 0.2) is 32.8 Å². The highest BCUT2D eigenvalue weighted by Crippen LogP contribution is 2.48. The van der Waals surface area contributed by atoms with Crippen LogP contribution in [-0.4, -0.2) is 62.4 Å². The number of hydrogen-bond acceptors (Lipinski definition) is 11. The average molecular weight is 577 g/mol. The molecule has 212 valence electrons. The lowest BCUT2D eigenvalue weighted by Gasteiger charge is -2.22. The number of benzene rings is 2. The van der Waals surface area contributed by atoms with Crippen LogP contribution >= 0.6 is 0 Å². The van der Waals surface area contributed by atoms with E-state index in [0.29, 0.717) is 35.7 Å². The first-order valence-corrected chi connectivity index (χ1v) is 14.8. The minimum absolute atomic E-state index is 0.0178. The van der Waals surface area contributed by atoms with Crippen molar-refractivity contribution in [3.05, 3.63) is 35.4 Å². The molecule has 1 heterocycles. The molecule has 3 atom stereocenters. The molecule has 2 aromatic rings. The zero-order valence-corrected chi connectivity index (χ0v) is 23.6. The summed E-state index contributed by atoms with van der Waals surface area (Å²) in [6.45, 7) is 1.53. The monoisotopic (exact) mass is 576 g/mol. The molecule has 0 aliphatic carbocycles. The van der Waals surface area contributed by atoms with E-state index in [1.165, 1.54) is 41.4 Å². The van der Waals surface area contributed by atoms with Gasteiger partial charge in [-0.15, -0.1) is 0 Å². The Morgan fingerprint density at radius 3 is 1.71 bits per heavy atom. The van der Waals surface area contributed by atoms with E-state index in [2.05, 4.69) is 4.18 Å². The molecule has 1 saturated heterocycles. The summed E-state index contributed by atoms with van der Waals surface area (Å²) < 4.78 is 94.8. The molecule has 1 aliphatic heterocycles.